The molecule has 2 heterocycles. The van der Waals surface area contributed by atoms with Crippen LogP contribution in [0, 0.1) is 0 Å². The number of carbonyl (C=O) groups is 2. The molecule has 3 N–H and O–H groups in total. The van der Waals surface area contributed by atoms with E-state index in [0.29, 0.717) is 16.9 Å². The molecule has 0 fully saturated rings. The summed E-state index contributed by atoms with van der Waals surface area (Å²) in [7, 11) is 0. The maximum absolute atomic E-state index is 12.1. The molecule has 3 rings (SSSR count). The summed E-state index contributed by atoms with van der Waals surface area (Å²) >= 11 is 0. The molecule has 1 aliphatic heterocycles. The van der Waals surface area contributed by atoms with Crippen LogP contribution in [0.4, 0.5) is 11.4 Å². The summed E-state index contributed by atoms with van der Waals surface area (Å²) in [5.41, 5.74) is 3.43. The van der Waals surface area contributed by atoms with Crippen molar-refractivity contribution >= 4 is 34.8 Å². The Hall–Kier alpha value is -2.82. The topological polar surface area (TPSA) is 74.0 Å². The number of aromatic amines is 1. The lowest BCUT2D eigenvalue weighted by molar-refractivity contribution is -0.114. The maximum atomic E-state index is 12.1. The lowest BCUT2D eigenvalue weighted by atomic mass is 10.0. The number of fused-ring (bicyclic) bond motifs is 1. The lowest BCUT2D eigenvalue weighted by Gasteiger charge is -2.08. The minimum absolute atomic E-state index is 0.169. The first-order valence-electron chi connectivity index (χ1n) is 6.22. The molecule has 0 saturated heterocycles. The summed E-state index contributed by atoms with van der Waals surface area (Å²) < 4.78 is 0. The first-order valence-corrected chi connectivity index (χ1v) is 6.22. The summed E-state index contributed by atoms with van der Waals surface area (Å²) in [4.78, 5) is 26.4. The number of carbonyl (C=O) groups excluding carboxylic acids is 2. The van der Waals surface area contributed by atoms with Crippen LogP contribution < -0.4 is 10.6 Å². The zero-order valence-electron chi connectivity index (χ0n) is 10.9. The van der Waals surface area contributed by atoms with Crippen molar-refractivity contribution in [1.29, 1.82) is 0 Å². The molecule has 100 valence electrons. The number of anilines is 2. The van der Waals surface area contributed by atoms with E-state index in [0.717, 1.165) is 11.3 Å². The van der Waals surface area contributed by atoms with E-state index in [4.69, 9.17) is 0 Å². The quantitative estimate of drug-likeness (QED) is 0.731. The van der Waals surface area contributed by atoms with Gasteiger partial charge in [-0.3, -0.25) is 9.59 Å². The van der Waals surface area contributed by atoms with E-state index in [2.05, 4.69) is 15.6 Å². The third-order valence-corrected chi connectivity index (χ3v) is 3.06. The molecule has 0 unspecified atom stereocenters. The van der Waals surface area contributed by atoms with E-state index in [1.54, 1.807) is 24.4 Å². The van der Waals surface area contributed by atoms with E-state index >= 15 is 0 Å². The van der Waals surface area contributed by atoms with Crippen molar-refractivity contribution in [3.8, 4) is 0 Å². The fraction of sp³-hybridized carbons (Fsp3) is 0.0667. The molecule has 1 aromatic heterocycles. The third-order valence-electron chi connectivity index (χ3n) is 3.06. The SMILES string of the molecule is CC(=O)Nc1cccc2c1C(=Cc1ccc[nH]1)C(=O)N2. The Bertz CT molecular complexity index is 715. The van der Waals surface area contributed by atoms with Gasteiger partial charge in [0.2, 0.25) is 5.91 Å². The van der Waals surface area contributed by atoms with Gasteiger partial charge in [-0.2, -0.15) is 0 Å². The van der Waals surface area contributed by atoms with Crippen molar-refractivity contribution in [2.45, 2.75) is 6.92 Å². The van der Waals surface area contributed by atoms with Gasteiger partial charge < -0.3 is 15.6 Å². The van der Waals surface area contributed by atoms with Crippen LogP contribution in [0.3, 0.4) is 0 Å². The van der Waals surface area contributed by atoms with Gasteiger partial charge in [0.1, 0.15) is 0 Å². The number of amides is 2. The Kier molecular flexibility index (Phi) is 2.87. The Morgan fingerprint density at radius 2 is 2.10 bits per heavy atom. The number of hydrogen-bond donors (Lipinski definition) is 3. The number of rotatable bonds is 2. The Morgan fingerprint density at radius 3 is 2.80 bits per heavy atom. The molecule has 1 aromatic carbocycles. The number of hydrogen-bond acceptors (Lipinski definition) is 2. The molecular formula is C15H13N3O2. The van der Waals surface area contributed by atoms with Crippen LogP contribution in [-0.4, -0.2) is 16.8 Å². The standard InChI is InChI=1S/C15H13N3O2/c1-9(19)17-12-5-2-6-13-14(12)11(15(20)18-13)8-10-4-3-7-16-10/h2-8,16H,1H3,(H,17,19)(H,18,20). The normalized spacial score (nSPS) is 15.1. The van der Waals surface area contributed by atoms with Crippen molar-refractivity contribution in [3.05, 3.63) is 47.8 Å². The molecule has 0 bridgehead atoms. The van der Waals surface area contributed by atoms with Crippen LogP contribution in [0.5, 0.6) is 0 Å². The van der Waals surface area contributed by atoms with E-state index in [1.807, 2.05) is 18.2 Å². The number of aromatic nitrogens is 1. The summed E-state index contributed by atoms with van der Waals surface area (Å²) in [6, 6.07) is 9.12. The van der Waals surface area contributed by atoms with Gasteiger partial charge in [0, 0.05) is 24.4 Å². The van der Waals surface area contributed by atoms with Gasteiger partial charge in [0.05, 0.1) is 16.9 Å². The van der Waals surface area contributed by atoms with Gasteiger partial charge >= 0.3 is 0 Å². The van der Waals surface area contributed by atoms with Crippen molar-refractivity contribution in [2.75, 3.05) is 10.6 Å². The first-order chi connectivity index (χ1) is 9.65. The molecule has 1 aliphatic rings. The lowest BCUT2D eigenvalue weighted by Crippen LogP contribution is -2.07. The van der Waals surface area contributed by atoms with Crippen molar-refractivity contribution in [1.82, 2.24) is 4.98 Å². The zero-order valence-corrected chi connectivity index (χ0v) is 10.9. The third kappa shape index (κ3) is 2.09. The van der Waals surface area contributed by atoms with Gasteiger partial charge in [-0.05, 0) is 30.3 Å². The van der Waals surface area contributed by atoms with Crippen LogP contribution in [-0.2, 0) is 9.59 Å². The van der Waals surface area contributed by atoms with E-state index in [1.165, 1.54) is 6.92 Å². The Labute approximate surface area is 115 Å². The molecule has 0 atom stereocenters. The molecule has 2 aromatic rings. The highest BCUT2D eigenvalue weighted by molar-refractivity contribution is 6.36. The minimum atomic E-state index is -0.174. The number of nitrogens with one attached hydrogen (secondary N) is 3. The predicted octanol–water partition coefficient (Wildman–Crippen LogP) is 2.47. The highest BCUT2D eigenvalue weighted by Gasteiger charge is 2.27. The summed E-state index contributed by atoms with van der Waals surface area (Å²) in [5.74, 6) is -0.343. The average molecular weight is 267 g/mol. The Balaban J connectivity index is 2.13. The first kappa shape index (κ1) is 12.2. The van der Waals surface area contributed by atoms with Gasteiger partial charge in [0.15, 0.2) is 0 Å². The monoisotopic (exact) mass is 267 g/mol. The molecule has 5 nitrogen and oxygen atoms in total. The summed E-state index contributed by atoms with van der Waals surface area (Å²) in [6.45, 7) is 1.44. The second-order valence-corrected chi connectivity index (χ2v) is 4.55. The molecule has 0 aliphatic carbocycles. The van der Waals surface area contributed by atoms with E-state index in [9.17, 15) is 9.59 Å². The Morgan fingerprint density at radius 1 is 1.25 bits per heavy atom. The number of benzene rings is 1. The van der Waals surface area contributed by atoms with Crippen LogP contribution in [0.1, 0.15) is 18.2 Å². The van der Waals surface area contributed by atoms with Crippen molar-refractivity contribution in [2.24, 2.45) is 0 Å². The largest absolute Gasteiger partial charge is 0.362 e. The van der Waals surface area contributed by atoms with Crippen LogP contribution in [0.25, 0.3) is 11.6 Å². The molecule has 5 heteroatoms. The highest BCUT2D eigenvalue weighted by Crippen LogP contribution is 2.38. The van der Waals surface area contributed by atoms with Gasteiger partial charge in [-0.1, -0.05) is 6.07 Å². The van der Waals surface area contributed by atoms with Crippen LogP contribution >= 0.6 is 0 Å². The van der Waals surface area contributed by atoms with Crippen molar-refractivity contribution in [3.63, 3.8) is 0 Å². The zero-order chi connectivity index (χ0) is 14.1. The molecular weight excluding hydrogens is 254 g/mol. The minimum Gasteiger partial charge on any atom is -0.362 e. The van der Waals surface area contributed by atoms with Crippen molar-refractivity contribution < 1.29 is 9.59 Å². The maximum Gasteiger partial charge on any atom is 0.256 e. The molecule has 2 amide bonds. The predicted molar refractivity (Wildman–Crippen MR) is 78.0 cm³/mol. The van der Waals surface area contributed by atoms with E-state index in [-0.39, 0.29) is 11.8 Å². The van der Waals surface area contributed by atoms with Gasteiger partial charge in [-0.25, -0.2) is 0 Å². The highest BCUT2D eigenvalue weighted by atomic mass is 16.2. The van der Waals surface area contributed by atoms with Crippen LogP contribution in [0.2, 0.25) is 0 Å². The fourth-order valence-corrected chi connectivity index (χ4v) is 2.27. The fourth-order valence-electron chi connectivity index (χ4n) is 2.27. The second-order valence-electron chi connectivity index (χ2n) is 4.55. The van der Waals surface area contributed by atoms with Gasteiger partial charge in [-0.15, -0.1) is 0 Å². The van der Waals surface area contributed by atoms with Crippen LogP contribution in [0.15, 0.2) is 36.5 Å². The molecule has 0 spiro atoms. The molecule has 0 saturated carbocycles. The molecule has 0 radical (unpaired) electrons. The number of H-pyrrole nitrogens is 1. The second kappa shape index (κ2) is 4.70. The average Bonchev–Trinajstić information content (AvgIpc) is 2.99. The summed E-state index contributed by atoms with van der Waals surface area (Å²) in [6.07, 6.45) is 3.56. The van der Waals surface area contributed by atoms with E-state index < -0.39 is 0 Å². The smallest absolute Gasteiger partial charge is 0.256 e. The van der Waals surface area contributed by atoms with Gasteiger partial charge in [0.25, 0.3) is 5.91 Å². The molecule has 20 heavy (non-hydrogen) atoms. The summed E-state index contributed by atoms with van der Waals surface area (Å²) in [5, 5.41) is 5.55.